The summed E-state index contributed by atoms with van der Waals surface area (Å²) in [5.41, 5.74) is 5.25. The van der Waals surface area contributed by atoms with Gasteiger partial charge in [-0.15, -0.1) is 0 Å². The van der Waals surface area contributed by atoms with Crippen molar-refractivity contribution in [3.05, 3.63) is 65.5 Å². The minimum absolute atomic E-state index is 0.0273. The second kappa shape index (κ2) is 8.12. The van der Waals surface area contributed by atoms with Crippen molar-refractivity contribution >= 4 is 27.7 Å². The third-order valence-electron chi connectivity index (χ3n) is 6.31. The first kappa shape index (κ1) is 19.7. The van der Waals surface area contributed by atoms with E-state index in [0.717, 1.165) is 53.7 Å². The van der Waals surface area contributed by atoms with Crippen LogP contribution in [0, 0.1) is 0 Å². The maximum atomic E-state index is 13.3. The van der Waals surface area contributed by atoms with Gasteiger partial charge in [0.25, 0.3) is 5.91 Å². The van der Waals surface area contributed by atoms with Crippen LogP contribution in [-0.4, -0.2) is 36.3 Å². The Hall–Kier alpha value is -3.25. The molecule has 2 heterocycles. The first-order valence-electron chi connectivity index (χ1n) is 10.8. The number of aromatic nitrogens is 2. The molecule has 2 N–H and O–H groups in total. The maximum Gasteiger partial charge on any atom is 0.252 e. The van der Waals surface area contributed by atoms with Crippen LogP contribution in [0.15, 0.2) is 48.7 Å². The predicted octanol–water partition coefficient (Wildman–Crippen LogP) is 4.59. The van der Waals surface area contributed by atoms with Gasteiger partial charge in [-0.2, -0.15) is 0 Å². The molecule has 0 saturated heterocycles. The van der Waals surface area contributed by atoms with Crippen molar-refractivity contribution < 1.29 is 14.3 Å². The van der Waals surface area contributed by atoms with Crippen molar-refractivity contribution in [3.63, 3.8) is 0 Å². The van der Waals surface area contributed by atoms with Crippen molar-refractivity contribution in [2.45, 2.75) is 31.8 Å². The molecule has 1 amide bonds. The molecule has 6 heteroatoms. The van der Waals surface area contributed by atoms with E-state index in [1.807, 2.05) is 36.5 Å². The van der Waals surface area contributed by atoms with Gasteiger partial charge < -0.3 is 24.3 Å². The van der Waals surface area contributed by atoms with Gasteiger partial charge in [-0.3, -0.25) is 4.79 Å². The number of carbonyl (C=O) groups excluding carboxylic acids is 1. The molecule has 5 rings (SSSR count). The minimum Gasteiger partial charge on any atom is -0.497 e. The lowest BCUT2D eigenvalue weighted by Gasteiger charge is -2.24. The number of aryl methyl sites for hydroxylation is 1. The van der Waals surface area contributed by atoms with E-state index in [-0.39, 0.29) is 11.9 Å². The molecule has 1 atom stereocenters. The summed E-state index contributed by atoms with van der Waals surface area (Å²) < 4.78 is 12.7. The highest BCUT2D eigenvalue weighted by Crippen LogP contribution is 2.36. The van der Waals surface area contributed by atoms with Crippen LogP contribution in [0.2, 0.25) is 0 Å². The number of nitrogens with zero attached hydrogens (tertiary/aromatic N) is 1. The van der Waals surface area contributed by atoms with Gasteiger partial charge in [0.15, 0.2) is 0 Å². The summed E-state index contributed by atoms with van der Waals surface area (Å²) in [4.78, 5) is 16.8. The van der Waals surface area contributed by atoms with Crippen LogP contribution in [0.5, 0.6) is 5.75 Å². The van der Waals surface area contributed by atoms with Gasteiger partial charge in [-0.25, -0.2) is 0 Å². The molecule has 0 radical (unpaired) electrons. The third kappa shape index (κ3) is 3.47. The Morgan fingerprint density at radius 2 is 2.10 bits per heavy atom. The van der Waals surface area contributed by atoms with E-state index in [1.54, 1.807) is 14.2 Å². The van der Waals surface area contributed by atoms with Crippen molar-refractivity contribution in [1.82, 2.24) is 14.9 Å². The number of amides is 1. The number of carbonyl (C=O) groups is 1. The highest BCUT2D eigenvalue weighted by Gasteiger charge is 2.26. The fraction of sp³-hybridized carbons (Fsp3) is 0.320. The summed E-state index contributed by atoms with van der Waals surface area (Å²) in [5, 5.41) is 5.44. The largest absolute Gasteiger partial charge is 0.497 e. The Bertz CT molecular complexity index is 1250. The summed E-state index contributed by atoms with van der Waals surface area (Å²) in [6.45, 7) is 1.39. The zero-order valence-electron chi connectivity index (χ0n) is 17.9. The van der Waals surface area contributed by atoms with Crippen molar-refractivity contribution in [2.75, 3.05) is 20.8 Å². The monoisotopic (exact) mass is 417 g/mol. The number of ether oxygens (including phenoxy) is 2. The Labute approximate surface area is 181 Å². The second-order valence-electron chi connectivity index (χ2n) is 8.09. The van der Waals surface area contributed by atoms with E-state index >= 15 is 0 Å². The number of aromatic amines is 1. The van der Waals surface area contributed by atoms with Gasteiger partial charge >= 0.3 is 0 Å². The zero-order valence-corrected chi connectivity index (χ0v) is 17.9. The van der Waals surface area contributed by atoms with Crippen LogP contribution >= 0.6 is 0 Å². The van der Waals surface area contributed by atoms with Crippen molar-refractivity contribution in [1.29, 1.82) is 0 Å². The van der Waals surface area contributed by atoms with Gasteiger partial charge in [-0.05, 0) is 61.2 Å². The van der Waals surface area contributed by atoms with Crippen LogP contribution in [0.3, 0.4) is 0 Å². The SMILES string of the molecule is COCCn1ccc2c(C(=O)N[C@@H]3CCCc4c3[nH]c3ccc(OC)cc43)cccc21. The van der Waals surface area contributed by atoms with Crippen LogP contribution < -0.4 is 10.1 Å². The standard InChI is InChI=1S/C25H27N3O3/c1-30-14-13-28-12-11-17-19(6-4-8-23(17)28)25(29)27-22-7-3-5-18-20-15-16(31-2)9-10-21(20)26-24(18)22/h4,6,8-12,15,22,26H,3,5,7,13-14H2,1-2H3,(H,27,29)/t22-/m1/s1. The van der Waals surface area contributed by atoms with Crippen molar-refractivity contribution in [2.24, 2.45) is 0 Å². The van der Waals surface area contributed by atoms with E-state index in [9.17, 15) is 4.79 Å². The molecule has 4 aromatic rings. The Morgan fingerprint density at radius 3 is 2.94 bits per heavy atom. The Balaban J connectivity index is 1.45. The third-order valence-corrected chi connectivity index (χ3v) is 6.31. The zero-order chi connectivity index (χ0) is 21.4. The molecule has 0 bridgehead atoms. The molecule has 1 aliphatic carbocycles. The fourth-order valence-corrected chi connectivity index (χ4v) is 4.76. The van der Waals surface area contributed by atoms with Gasteiger partial charge in [0.05, 0.1) is 19.8 Å². The summed E-state index contributed by atoms with van der Waals surface area (Å²) in [6.07, 6.45) is 4.99. The number of fused-ring (bicyclic) bond motifs is 4. The highest BCUT2D eigenvalue weighted by atomic mass is 16.5. The molecule has 2 aromatic carbocycles. The average molecular weight is 418 g/mol. The molecule has 0 fully saturated rings. The van der Waals surface area contributed by atoms with E-state index in [0.29, 0.717) is 12.2 Å². The lowest BCUT2D eigenvalue weighted by molar-refractivity contribution is 0.0933. The number of rotatable bonds is 6. The number of benzene rings is 2. The molecule has 1 aliphatic rings. The Morgan fingerprint density at radius 1 is 1.19 bits per heavy atom. The lowest BCUT2D eigenvalue weighted by Crippen LogP contribution is -2.31. The summed E-state index contributed by atoms with van der Waals surface area (Å²) in [7, 11) is 3.38. The van der Waals surface area contributed by atoms with Crippen LogP contribution in [0.4, 0.5) is 0 Å². The van der Waals surface area contributed by atoms with E-state index < -0.39 is 0 Å². The number of nitrogens with one attached hydrogen (secondary N) is 2. The molecular formula is C25H27N3O3. The van der Waals surface area contributed by atoms with Crippen LogP contribution in [0.25, 0.3) is 21.8 Å². The summed E-state index contributed by atoms with van der Waals surface area (Å²) in [5.74, 6) is 0.814. The average Bonchev–Trinajstić information content (AvgIpc) is 3.39. The minimum atomic E-state index is -0.0378. The van der Waals surface area contributed by atoms with Crippen LogP contribution in [-0.2, 0) is 17.7 Å². The van der Waals surface area contributed by atoms with Gasteiger partial charge in [0.2, 0.25) is 0 Å². The first-order chi connectivity index (χ1) is 15.2. The number of hydrogen-bond acceptors (Lipinski definition) is 3. The molecule has 160 valence electrons. The van der Waals surface area contributed by atoms with Crippen molar-refractivity contribution in [3.8, 4) is 5.75 Å². The van der Waals surface area contributed by atoms with E-state index in [2.05, 4.69) is 27.0 Å². The molecule has 0 unspecified atom stereocenters. The molecule has 2 aromatic heterocycles. The molecule has 0 spiro atoms. The highest BCUT2D eigenvalue weighted by molar-refractivity contribution is 6.06. The normalized spacial score (nSPS) is 15.9. The molecular weight excluding hydrogens is 390 g/mol. The number of H-pyrrole nitrogens is 1. The number of methoxy groups -OCH3 is 2. The quantitative estimate of drug-likeness (QED) is 0.482. The lowest BCUT2D eigenvalue weighted by atomic mass is 9.91. The van der Waals surface area contributed by atoms with Gasteiger partial charge in [0, 0.05) is 52.9 Å². The summed E-state index contributed by atoms with van der Waals surface area (Å²) >= 11 is 0. The summed E-state index contributed by atoms with van der Waals surface area (Å²) in [6, 6.07) is 14.0. The topological polar surface area (TPSA) is 68.3 Å². The maximum absolute atomic E-state index is 13.3. The molecule has 31 heavy (non-hydrogen) atoms. The van der Waals surface area contributed by atoms with Crippen LogP contribution in [0.1, 0.15) is 40.5 Å². The number of hydrogen-bond donors (Lipinski definition) is 2. The first-order valence-corrected chi connectivity index (χ1v) is 10.8. The van der Waals surface area contributed by atoms with Gasteiger partial charge in [-0.1, -0.05) is 6.07 Å². The molecule has 6 nitrogen and oxygen atoms in total. The van der Waals surface area contributed by atoms with E-state index in [1.165, 1.54) is 10.9 Å². The predicted molar refractivity (Wildman–Crippen MR) is 122 cm³/mol. The second-order valence-corrected chi connectivity index (χ2v) is 8.09. The molecule has 0 saturated carbocycles. The Kier molecular flexibility index (Phi) is 5.16. The van der Waals surface area contributed by atoms with Gasteiger partial charge in [0.1, 0.15) is 5.75 Å². The fourth-order valence-electron chi connectivity index (χ4n) is 4.76. The smallest absolute Gasteiger partial charge is 0.252 e. The van der Waals surface area contributed by atoms with E-state index in [4.69, 9.17) is 9.47 Å². The molecule has 0 aliphatic heterocycles.